The number of phenolic OH excluding ortho intramolecular Hbond substituents is 1. The van der Waals surface area contributed by atoms with Gasteiger partial charge in [0.15, 0.2) is 29.2 Å². The van der Waals surface area contributed by atoms with E-state index in [1.54, 1.807) is 30.3 Å². The Hall–Kier alpha value is -3.77. The zero-order valence-corrected chi connectivity index (χ0v) is 17.1. The van der Waals surface area contributed by atoms with Crippen molar-refractivity contribution in [1.29, 1.82) is 0 Å². The van der Waals surface area contributed by atoms with Crippen LogP contribution < -0.4 is 14.9 Å². The molecule has 1 heterocycles. The Balaban J connectivity index is 2.04. The van der Waals surface area contributed by atoms with E-state index in [4.69, 9.17) is 13.9 Å². The number of hydrogen-bond donors (Lipinski definition) is 5. The Morgan fingerprint density at radius 2 is 1.73 bits per heavy atom. The second-order valence-corrected chi connectivity index (χ2v) is 6.95. The van der Waals surface area contributed by atoms with E-state index < -0.39 is 47.3 Å². The molecule has 3 rings (SSSR count). The summed E-state index contributed by atoms with van der Waals surface area (Å²) >= 11 is 0. The molecule has 0 fully saturated rings. The van der Waals surface area contributed by atoms with Crippen molar-refractivity contribution in [3.05, 3.63) is 52.7 Å². The van der Waals surface area contributed by atoms with Gasteiger partial charge in [-0.3, -0.25) is 4.79 Å². The van der Waals surface area contributed by atoms with E-state index in [2.05, 4.69) is 0 Å². The molecule has 0 amide bonds. The number of aldehydes is 1. The maximum atomic E-state index is 12.6. The molecule has 0 aliphatic heterocycles. The van der Waals surface area contributed by atoms with Crippen molar-refractivity contribution in [2.24, 2.45) is 0 Å². The average molecular weight is 460 g/mol. The largest absolute Gasteiger partial charge is 0.507 e. The van der Waals surface area contributed by atoms with Crippen molar-refractivity contribution in [3.63, 3.8) is 0 Å². The van der Waals surface area contributed by atoms with E-state index in [0.717, 1.165) is 6.07 Å². The van der Waals surface area contributed by atoms with E-state index in [9.17, 15) is 39.9 Å². The van der Waals surface area contributed by atoms with Crippen LogP contribution in [0.2, 0.25) is 0 Å². The van der Waals surface area contributed by atoms with E-state index in [1.807, 2.05) is 0 Å². The van der Waals surface area contributed by atoms with Crippen LogP contribution in [0, 0.1) is 0 Å². The van der Waals surface area contributed by atoms with Crippen molar-refractivity contribution in [2.45, 2.75) is 24.4 Å². The summed E-state index contributed by atoms with van der Waals surface area (Å²) in [6.07, 6.45) is -9.00. The van der Waals surface area contributed by atoms with Crippen LogP contribution in [0.5, 0.6) is 17.2 Å². The highest BCUT2D eigenvalue weighted by Crippen LogP contribution is 2.41. The summed E-state index contributed by atoms with van der Waals surface area (Å²) in [5, 5.41) is 48.7. The second-order valence-electron chi connectivity index (χ2n) is 6.95. The Morgan fingerprint density at radius 1 is 1.06 bits per heavy atom. The third kappa shape index (κ3) is 4.71. The van der Waals surface area contributed by atoms with E-state index >= 15 is 0 Å². The van der Waals surface area contributed by atoms with Crippen LogP contribution in [0.3, 0.4) is 0 Å². The number of esters is 1. The molecular weight excluding hydrogens is 440 g/mol. The van der Waals surface area contributed by atoms with Gasteiger partial charge in [0.1, 0.15) is 35.2 Å². The zero-order valence-electron chi connectivity index (χ0n) is 17.1. The molecule has 4 unspecified atom stereocenters. The zero-order chi connectivity index (χ0) is 24.3. The average Bonchev–Trinajstić information content (AvgIpc) is 2.82. The van der Waals surface area contributed by atoms with E-state index in [-0.39, 0.29) is 28.8 Å². The first-order valence-electron chi connectivity index (χ1n) is 9.52. The highest BCUT2D eigenvalue weighted by Gasteiger charge is 2.36. The lowest BCUT2D eigenvalue weighted by atomic mass is 10.0. The smallest absolute Gasteiger partial charge is 0.343 e. The predicted octanol–water partition coefficient (Wildman–Crippen LogP) is -0.278. The van der Waals surface area contributed by atoms with Crippen LogP contribution in [0.15, 0.2) is 51.7 Å². The summed E-state index contributed by atoms with van der Waals surface area (Å²) in [4.78, 5) is 35.5. The molecule has 33 heavy (non-hydrogen) atoms. The van der Waals surface area contributed by atoms with Gasteiger partial charge in [-0.1, -0.05) is 30.3 Å². The first-order valence-corrected chi connectivity index (χ1v) is 9.52. The monoisotopic (exact) mass is 460 g/mol. The highest BCUT2D eigenvalue weighted by molar-refractivity contribution is 5.93. The topological polar surface area (TPSA) is 184 Å². The normalized spacial score (nSPS) is 14.8. The molecule has 0 aliphatic carbocycles. The molecular formula is C22H20O11. The number of carbonyl (C=O) groups is 2. The summed E-state index contributed by atoms with van der Waals surface area (Å²) in [6, 6.07) is 10.6. The van der Waals surface area contributed by atoms with E-state index in [0.29, 0.717) is 5.56 Å². The molecule has 11 heteroatoms. The number of aromatic hydroxyl groups is 1. The number of fused-ring (bicyclic) bond motifs is 1. The fourth-order valence-corrected chi connectivity index (χ4v) is 3.06. The number of rotatable bonds is 8. The molecule has 11 nitrogen and oxygen atoms in total. The molecule has 0 bridgehead atoms. The van der Waals surface area contributed by atoms with Crippen LogP contribution >= 0.6 is 0 Å². The lowest BCUT2D eigenvalue weighted by Crippen LogP contribution is -2.49. The molecule has 4 atom stereocenters. The molecule has 0 saturated heterocycles. The number of hydrogen-bond acceptors (Lipinski definition) is 11. The number of methoxy groups -OCH3 is 1. The first kappa shape index (κ1) is 23.9. The van der Waals surface area contributed by atoms with Crippen molar-refractivity contribution in [2.75, 3.05) is 7.11 Å². The van der Waals surface area contributed by atoms with Crippen molar-refractivity contribution < 1.29 is 49.0 Å². The molecule has 0 saturated carbocycles. The van der Waals surface area contributed by atoms with Gasteiger partial charge >= 0.3 is 5.97 Å². The Labute approximate surface area is 185 Å². The maximum Gasteiger partial charge on any atom is 0.343 e. The molecule has 174 valence electrons. The summed E-state index contributed by atoms with van der Waals surface area (Å²) in [5.41, 5.74) is -0.315. The molecule has 0 spiro atoms. The standard InChI is InChI=1S/C22H20O11/c1-31-20-15(33-22(30)19(29)18(28)17(27)13(26)9-23)8-12(25)16-11(24)7-14(32-21(16)20)10-5-3-2-4-6-10/h2-9,13,17-19,25-29H,1H3. The van der Waals surface area contributed by atoms with Crippen molar-refractivity contribution >= 4 is 23.2 Å². The number of aliphatic hydroxyl groups is 4. The van der Waals surface area contributed by atoms with Crippen molar-refractivity contribution in [1.82, 2.24) is 0 Å². The molecule has 2 aromatic carbocycles. The van der Waals surface area contributed by atoms with Crippen LogP contribution in [0.25, 0.3) is 22.3 Å². The number of ether oxygens (including phenoxy) is 2. The van der Waals surface area contributed by atoms with Gasteiger partial charge in [-0.25, -0.2) is 4.79 Å². The summed E-state index contributed by atoms with van der Waals surface area (Å²) in [5.74, 6) is -2.75. The molecule has 0 aliphatic rings. The fraction of sp³-hybridized carbons (Fsp3) is 0.227. The first-order chi connectivity index (χ1) is 15.7. The maximum absolute atomic E-state index is 12.6. The van der Waals surface area contributed by atoms with Gasteiger partial charge in [0.05, 0.1) is 7.11 Å². The van der Waals surface area contributed by atoms with Crippen LogP contribution in [0.4, 0.5) is 0 Å². The van der Waals surface area contributed by atoms with Gasteiger partial charge in [-0.2, -0.15) is 0 Å². The summed E-state index contributed by atoms with van der Waals surface area (Å²) in [7, 11) is 1.17. The van der Waals surface area contributed by atoms with Crippen LogP contribution in [-0.4, -0.2) is 69.3 Å². The quantitative estimate of drug-likeness (QED) is 0.169. The lowest BCUT2D eigenvalue weighted by Gasteiger charge is -2.23. The fourth-order valence-electron chi connectivity index (χ4n) is 3.06. The second kappa shape index (κ2) is 9.79. The number of benzene rings is 2. The number of phenols is 1. The summed E-state index contributed by atoms with van der Waals surface area (Å²) < 4.78 is 15.9. The summed E-state index contributed by atoms with van der Waals surface area (Å²) in [6.45, 7) is 0. The van der Waals surface area contributed by atoms with Gasteiger partial charge in [0.25, 0.3) is 0 Å². The number of carbonyl (C=O) groups excluding carboxylic acids is 2. The molecule has 3 aromatic rings. The minimum Gasteiger partial charge on any atom is -0.507 e. The molecule has 0 radical (unpaired) electrons. The van der Waals surface area contributed by atoms with Crippen LogP contribution in [0.1, 0.15) is 0 Å². The van der Waals surface area contributed by atoms with Gasteiger partial charge < -0.3 is 44.2 Å². The Morgan fingerprint density at radius 3 is 2.33 bits per heavy atom. The minimum absolute atomic E-state index is 0.0946. The van der Waals surface area contributed by atoms with Crippen LogP contribution in [-0.2, 0) is 9.59 Å². The third-order valence-electron chi connectivity index (χ3n) is 4.78. The van der Waals surface area contributed by atoms with Gasteiger partial charge in [-0.15, -0.1) is 0 Å². The number of aliphatic hydroxyl groups excluding tert-OH is 4. The van der Waals surface area contributed by atoms with Gasteiger partial charge in [0.2, 0.25) is 5.75 Å². The van der Waals surface area contributed by atoms with E-state index in [1.165, 1.54) is 13.2 Å². The predicted molar refractivity (Wildman–Crippen MR) is 112 cm³/mol. The Bertz CT molecular complexity index is 1220. The Kier molecular flexibility index (Phi) is 7.09. The molecule has 1 aromatic heterocycles. The molecule has 5 N–H and O–H groups in total. The SMILES string of the molecule is COc1c(OC(=O)C(O)C(O)C(O)C(O)C=O)cc(O)c2c(=O)cc(-c3ccccc3)oc12. The van der Waals surface area contributed by atoms with Crippen molar-refractivity contribution in [3.8, 4) is 28.6 Å². The minimum atomic E-state index is -2.39. The third-order valence-corrected chi connectivity index (χ3v) is 4.78. The van der Waals surface area contributed by atoms with Gasteiger partial charge in [-0.05, 0) is 0 Å². The lowest BCUT2D eigenvalue weighted by molar-refractivity contribution is -0.161. The highest BCUT2D eigenvalue weighted by atomic mass is 16.6. The van der Waals surface area contributed by atoms with Gasteiger partial charge in [0, 0.05) is 17.7 Å².